The van der Waals surface area contributed by atoms with E-state index in [1.54, 1.807) is 0 Å². The third-order valence-electron chi connectivity index (χ3n) is 14.1. The van der Waals surface area contributed by atoms with Crippen molar-refractivity contribution in [2.45, 2.75) is 138 Å². The van der Waals surface area contributed by atoms with E-state index in [4.69, 9.17) is 4.74 Å². The molecule has 5 heteroatoms. The van der Waals surface area contributed by atoms with Gasteiger partial charge in [-0.05, 0) is 116 Å². The first-order chi connectivity index (χ1) is 18.2. The van der Waals surface area contributed by atoms with E-state index in [1.165, 1.54) is 5.57 Å². The Morgan fingerprint density at radius 1 is 0.950 bits per heavy atom. The molecule has 9 atom stereocenters. The monoisotopic (exact) mass is 570 g/mol. The maximum atomic E-state index is 14.5. The van der Waals surface area contributed by atoms with E-state index in [-0.39, 0.29) is 51.0 Å². The average Bonchev–Trinajstić information content (AvgIpc) is 2.83. The number of esters is 1. The first kappa shape index (κ1) is 30.5. The van der Waals surface area contributed by atoms with Gasteiger partial charge in [-0.2, -0.15) is 0 Å². The minimum absolute atomic E-state index is 0.00913. The Kier molecular flexibility index (Phi) is 7.08. The van der Waals surface area contributed by atoms with Crippen molar-refractivity contribution in [3.05, 3.63) is 11.6 Å². The van der Waals surface area contributed by atoms with E-state index in [2.05, 4.69) is 74.2 Å². The lowest BCUT2D eigenvalue weighted by Gasteiger charge is -2.70. The van der Waals surface area contributed by atoms with Crippen molar-refractivity contribution in [1.82, 2.24) is 0 Å². The fraction of sp³-hybridized carbons (Fsp3) is 0.886. The van der Waals surface area contributed by atoms with Gasteiger partial charge in [-0.3, -0.25) is 9.59 Å². The molecule has 0 amide bonds. The second kappa shape index (κ2) is 9.28. The Morgan fingerprint density at radius 3 is 2.25 bits per heavy atom. The molecule has 5 aliphatic rings. The summed E-state index contributed by atoms with van der Waals surface area (Å²) in [7, 11) is -1.27. The van der Waals surface area contributed by atoms with Crippen molar-refractivity contribution in [2.24, 2.45) is 50.2 Å². The zero-order valence-corrected chi connectivity index (χ0v) is 28.3. The fourth-order valence-electron chi connectivity index (χ4n) is 11.0. The number of allylic oxidation sites excluding steroid dienone is 2. The lowest BCUT2D eigenvalue weighted by Crippen LogP contribution is -2.66. The lowest BCUT2D eigenvalue weighted by atomic mass is 9.33. The van der Waals surface area contributed by atoms with Crippen LogP contribution in [0.1, 0.15) is 106 Å². The topological polar surface area (TPSA) is 63.6 Å². The summed E-state index contributed by atoms with van der Waals surface area (Å²) in [4.78, 5) is 28.0. The Bertz CT molecular complexity index is 1100. The second-order valence-electron chi connectivity index (χ2n) is 18.1. The summed E-state index contributed by atoms with van der Waals surface area (Å²) in [5.74, 6) is 0.880. The maximum absolute atomic E-state index is 14.5. The summed E-state index contributed by atoms with van der Waals surface area (Å²) in [5.41, 5.74) is 0.560. The van der Waals surface area contributed by atoms with Gasteiger partial charge >= 0.3 is 5.97 Å². The number of fused-ring (bicyclic) bond motifs is 7. The molecular formula is C35H58O4Si. The molecule has 1 unspecified atom stereocenters. The van der Waals surface area contributed by atoms with E-state index in [0.29, 0.717) is 18.3 Å². The highest BCUT2D eigenvalue weighted by Crippen LogP contribution is 2.75. The minimum Gasteiger partial charge on any atom is -0.466 e. The molecule has 0 spiro atoms. The van der Waals surface area contributed by atoms with Crippen LogP contribution in [0.4, 0.5) is 0 Å². The highest BCUT2D eigenvalue weighted by molar-refractivity contribution is 6.76. The maximum Gasteiger partial charge on any atom is 0.311 e. The van der Waals surface area contributed by atoms with Crippen LogP contribution in [0.3, 0.4) is 0 Å². The molecule has 0 aliphatic heterocycles. The van der Waals surface area contributed by atoms with Crippen LogP contribution in [0.25, 0.3) is 0 Å². The van der Waals surface area contributed by atoms with E-state index in [1.807, 2.05) is 0 Å². The highest BCUT2D eigenvalue weighted by Gasteiger charge is 2.70. The Balaban J connectivity index is 1.49. The van der Waals surface area contributed by atoms with E-state index in [9.17, 15) is 14.7 Å². The highest BCUT2D eigenvalue weighted by atomic mass is 28.3. The van der Waals surface area contributed by atoms with Gasteiger partial charge in [0.1, 0.15) is 0 Å². The van der Waals surface area contributed by atoms with Gasteiger partial charge < -0.3 is 9.84 Å². The van der Waals surface area contributed by atoms with Gasteiger partial charge in [0.25, 0.3) is 0 Å². The summed E-state index contributed by atoms with van der Waals surface area (Å²) < 4.78 is 5.95. The molecule has 0 aromatic heterocycles. The minimum atomic E-state index is -1.27. The van der Waals surface area contributed by atoms with Crippen molar-refractivity contribution in [2.75, 3.05) is 6.61 Å². The molecule has 4 fully saturated rings. The van der Waals surface area contributed by atoms with E-state index < -0.39 is 13.5 Å². The van der Waals surface area contributed by atoms with Crippen molar-refractivity contribution in [1.29, 1.82) is 0 Å². The van der Waals surface area contributed by atoms with Crippen molar-refractivity contribution in [3.63, 3.8) is 0 Å². The molecule has 0 bridgehead atoms. The molecule has 0 aromatic rings. The Labute approximate surface area is 245 Å². The third kappa shape index (κ3) is 4.28. The van der Waals surface area contributed by atoms with Crippen LogP contribution >= 0.6 is 0 Å². The number of rotatable bonds is 4. The summed E-state index contributed by atoms with van der Waals surface area (Å²) >= 11 is 0. The van der Waals surface area contributed by atoms with Crippen molar-refractivity contribution < 1.29 is 19.4 Å². The van der Waals surface area contributed by atoms with Crippen molar-refractivity contribution in [3.8, 4) is 0 Å². The fourth-order valence-corrected chi connectivity index (χ4v) is 11.7. The third-order valence-corrected chi connectivity index (χ3v) is 15.8. The first-order valence-electron chi connectivity index (χ1n) is 16.3. The molecule has 5 aliphatic carbocycles. The predicted molar refractivity (Wildman–Crippen MR) is 165 cm³/mol. The normalized spacial score (nSPS) is 48.2. The zero-order chi connectivity index (χ0) is 29.7. The van der Waals surface area contributed by atoms with Crippen LogP contribution < -0.4 is 0 Å². The van der Waals surface area contributed by atoms with Gasteiger partial charge in [-0.1, -0.05) is 66.8 Å². The van der Waals surface area contributed by atoms with Gasteiger partial charge in [0, 0.05) is 14.0 Å². The first-order valence-corrected chi connectivity index (χ1v) is 20.1. The number of carbonyl (C=O) groups is 2. The Hall–Kier alpha value is -0.943. The van der Waals surface area contributed by atoms with Crippen LogP contribution in [-0.2, 0) is 14.3 Å². The van der Waals surface area contributed by atoms with Crippen LogP contribution in [0, 0.1) is 50.2 Å². The van der Waals surface area contributed by atoms with E-state index in [0.717, 1.165) is 63.8 Å². The second-order valence-corrected chi connectivity index (χ2v) is 23.7. The molecule has 40 heavy (non-hydrogen) atoms. The summed E-state index contributed by atoms with van der Waals surface area (Å²) in [6.45, 7) is 23.8. The van der Waals surface area contributed by atoms with Crippen LogP contribution in [0.5, 0.6) is 0 Å². The number of ether oxygens (including phenoxy) is 1. The largest absolute Gasteiger partial charge is 0.466 e. The van der Waals surface area contributed by atoms with Crippen molar-refractivity contribution >= 4 is 19.8 Å². The van der Waals surface area contributed by atoms with E-state index >= 15 is 0 Å². The molecule has 226 valence electrons. The summed E-state index contributed by atoms with van der Waals surface area (Å²) in [6.07, 6.45) is 10.6. The molecule has 4 saturated carbocycles. The molecule has 0 saturated heterocycles. The van der Waals surface area contributed by atoms with Crippen LogP contribution in [-0.4, -0.2) is 37.6 Å². The van der Waals surface area contributed by atoms with Gasteiger partial charge in [-0.15, -0.1) is 0 Å². The number of aliphatic hydroxyl groups excluding tert-OH is 1. The SMILES string of the molecule is CC1(C)C2CC[C@]3(C)[C@H](C(=O)C=C4[C@@H]5C[C@@](C)(C(=O)OCC[Si](C)(C)C)CC[C@]5(C)CC[C@]43C)[C@@]2(C)CC[C@@H]1O. The standard InChI is InChI=1S/C35H58O4Si/c1-30(2)26-11-14-35(7)28(33(26,5)13-12-27(30)37)25(36)21-23-24-22-32(4,29(38)39-19-20-40(8,9)10)16-15-31(24,3)17-18-34(23,35)6/h21,24,26-28,37H,11-20,22H2,1-10H3/t24-,26?,27-,28+,31+,32-,33-,34+,35+/m0/s1. The van der Waals surface area contributed by atoms with Crippen LogP contribution in [0.15, 0.2) is 11.6 Å². The van der Waals surface area contributed by atoms with Crippen LogP contribution in [0.2, 0.25) is 25.7 Å². The number of hydrogen-bond donors (Lipinski definition) is 1. The van der Waals surface area contributed by atoms with Gasteiger partial charge in [0.2, 0.25) is 0 Å². The quantitative estimate of drug-likeness (QED) is 0.273. The van der Waals surface area contributed by atoms with Gasteiger partial charge in [0.15, 0.2) is 5.78 Å². The molecule has 4 nitrogen and oxygen atoms in total. The van der Waals surface area contributed by atoms with Gasteiger partial charge in [0.05, 0.1) is 18.1 Å². The Morgan fingerprint density at radius 2 is 1.60 bits per heavy atom. The molecule has 0 aromatic carbocycles. The molecule has 0 heterocycles. The summed E-state index contributed by atoms with van der Waals surface area (Å²) in [6, 6.07) is 1.00. The predicted octanol–water partition coefficient (Wildman–Crippen LogP) is 8.21. The average molecular weight is 571 g/mol. The molecular weight excluding hydrogens is 512 g/mol. The summed E-state index contributed by atoms with van der Waals surface area (Å²) in [5, 5.41) is 11.0. The lowest BCUT2D eigenvalue weighted by molar-refractivity contribution is -0.202. The number of carbonyl (C=O) groups excluding carboxylic acids is 2. The number of aliphatic hydroxyl groups is 1. The number of ketones is 1. The zero-order valence-electron chi connectivity index (χ0n) is 27.3. The number of hydrogen-bond acceptors (Lipinski definition) is 4. The molecule has 0 radical (unpaired) electrons. The smallest absolute Gasteiger partial charge is 0.311 e. The molecule has 1 N–H and O–H groups in total. The molecule has 5 rings (SSSR count). The van der Waals surface area contributed by atoms with Gasteiger partial charge in [-0.25, -0.2) is 0 Å².